The number of hydrogen-bond acceptors (Lipinski definition) is 3. The summed E-state index contributed by atoms with van der Waals surface area (Å²) in [7, 11) is 0. The minimum absolute atomic E-state index is 0.143. The van der Waals surface area contributed by atoms with Crippen LogP contribution < -0.4 is 5.73 Å². The molecule has 0 saturated carbocycles. The lowest BCUT2D eigenvalue weighted by molar-refractivity contribution is -0.134. The number of hydrogen-bond donors (Lipinski definition) is 1. The van der Waals surface area contributed by atoms with E-state index in [1.54, 1.807) is 23.1 Å². The van der Waals surface area contributed by atoms with Crippen LogP contribution in [-0.2, 0) is 9.53 Å². The Labute approximate surface area is 157 Å². The van der Waals surface area contributed by atoms with Gasteiger partial charge in [0.25, 0.3) is 0 Å². The van der Waals surface area contributed by atoms with Crippen molar-refractivity contribution in [3.05, 3.63) is 71.3 Å². The highest BCUT2D eigenvalue weighted by Gasteiger charge is 2.27. The molecule has 3 rings (SSSR count). The van der Waals surface area contributed by atoms with Crippen molar-refractivity contribution in [1.82, 2.24) is 4.90 Å². The van der Waals surface area contributed by atoms with Crippen molar-refractivity contribution in [3.8, 4) is 11.1 Å². The first kappa shape index (κ1) is 18.2. The summed E-state index contributed by atoms with van der Waals surface area (Å²) in [5.74, 6) is -0.631. The topological polar surface area (TPSA) is 72.6 Å². The van der Waals surface area contributed by atoms with Gasteiger partial charge in [0.2, 0.25) is 11.8 Å². The third kappa shape index (κ3) is 3.79. The maximum atomic E-state index is 12.2. The Kier molecular flexibility index (Phi) is 5.40. The number of morpholine rings is 1. The molecular formula is C20H19ClN2O3. The predicted octanol–water partition coefficient (Wildman–Crippen LogP) is 3.19. The number of ether oxygens (including phenoxy) is 1. The van der Waals surface area contributed by atoms with Crippen molar-refractivity contribution in [2.75, 3.05) is 19.8 Å². The van der Waals surface area contributed by atoms with Crippen LogP contribution in [0.4, 0.5) is 0 Å². The number of carbonyl (C=O) groups is 2. The Morgan fingerprint density at radius 1 is 1.23 bits per heavy atom. The normalized spacial score (nSPS) is 17.0. The van der Waals surface area contributed by atoms with Gasteiger partial charge < -0.3 is 15.4 Å². The van der Waals surface area contributed by atoms with Gasteiger partial charge in [0, 0.05) is 17.1 Å². The van der Waals surface area contributed by atoms with E-state index in [1.165, 1.54) is 6.08 Å². The second-order valence-corrected chi connectivity index (χ2v) is 6.48. The Balaban J connectivity index is 2.02. The van der Waals surface area contributed by atoms with Crippen LogP contribution in [0.3, 0.4) is 0 Å². The first-order valence-corrected chi connectivity index (χ1v) is 8.59. The highest BCUT2D eigenvalue weighted by Crippen LogP contribution is 2.32. The van der Waals surface area contributed by atoms with Crippen LogP contribution in [0.25, 0.3) is 11.1 Å². The van der Waals surface area contributed by atoms with E-state index in [-0.39, 0.29) is 11.9 Å². The van der Waals surface area contributed by atoms with Crippen molar-refractivity contribution < 1.29 is 14.3 Å². The molecule has 0 aliphatic carbocycles. The third-order valence-electron chi connectivity index (χ3n) is 4.37. The molecule has 26 heavy (non-hydrogen) atoms. The lowest BCUT2D eigenvalue weighted by Crippen LogP contribution is -2.42. The van der Waals surface area contributed by atoms with E-state index in [9.17, 15) is 9.59 Å². The Bertz CT molecular complexity index is 866. The van der Waals surface area contributed by atoms with Gasteiger partial charge in [0.15, 0.2) is 0 Å². The quantitative estimate of drug-likeness (QED) is 0.840. The number of carbonyl (C=O) groups excluding carboxylic acids is 2. The second-order valence-electron chi connectivity index (χ2n) is 6.04. The molecule has 1 fully saturated rings. The summed E-state index contributed by atoms with van der Waals surface area (Å²) in [6.45, 7) is 4.95. The van der Waals surface area contributed by atoms with E-state index in [1.807, 2.05) is 24.3 Å². The summed E-state index contributed by atoms with van der Waals surface area (Å²) < 4.78 is 5.56. The number of halogens is 1. The van der Waals surface area contributed by atoms with Crippen LogP contribution in [0, 0.1) is 0 Å². The Morgan fingerprint density at radius 3 is 2.77 bits per heavy atom. The van der Waals surface area contributed by atoms with Gasteiger partial charge in [0.1, 0.15) is 0 Å². The summed E-state index contributed by atoms with van der Waals surface area (Å²) >= 11 is 6.33. The zero-order valence-electron chi connectivity index (χ0n) is 14.2. The molecule has 2 amide bonds. The summed E-state index contributed by atoms with van der Waals surface area (Å²) in [6, 6.07) is 12.4. The highest BCUT2D eigenvalue weighted by atomic mass is 35.5. The number of primary amides is 1. The van der Waals surface area contributed by atoms with E-state index in [4.69, 9.17) is 22.1 Å². The lowest BCUT2D eigenvalue weighted by atomic mass is 9.97. The van der Waals surface area contributed by atoms with E-state index in [0.29, 0.717) is 30.3 Å². The number of amides is 2. The molecule has 1 aliphatic heterocycles. The van der Waals surface area contributed by atoms with Gasteiger partial charge in [-0.1, -0.05) is 30.3 Å². The molecular weight excluding hydrogens is 352 g/mol. The first-order chi connectivity index (χ1) is 12.5. The van der Waals surface area contributed by atoms with Gasteiger partial charge in [-0.05, 0) is 53.1 Å². The number of rotatable bonds is 4. The summed E-state index contributed by atoms with van der Waals surface area (Å²) in [6.07, 6.45) is 1.31. The standard InChI is InChI=1S/C20H19ClN2O3/c1-2-19(24)23-6-7-26-12-18(23)16-9-15(10-17(21)11-16)13-4-3-5-14(8-13)20(22)25/h2-5,8-11,18H,1,6-7,12H2,(H2,22,25). The van der Waals surface area contributed by atoms with Crippen molar-refractivity contribution in [2.45, 2.75) is 6.04 Å². The molecule has 1 atom stereocenters. The average Bonchev–Trinajstić information content (AvgIpc) is 2.67. The van der Waals surface area contributed by atoms with Crippen LogP contribution in [0.5, 0.6) is 0 Å². The van der Waals surface area contributed by atoms with Crippen LogP contribution >= 0.6 is 11.6 Å². The second kappa shape index (κ2) is 7.72. The molecule has 0 aromatic heterocycles. The molecule has 1 unspecified atom stereocenters. The SMILES string of the molecule is C=CC(=O)N1CCOCC1c1cc(Cl)cc(-c2cccc(C(N)=O)c2)c1. The average molecular weight is 371 g/mol. The molecule has 1 heterocycles. The molecule has 0 bridgehead atoms. The van der Waals surface area contributed by atoms with E-state index >= 15 is 0 Å². The van der Waals surface area contributed by atoms with E-state index < -0.39 is 5.91 Å². The fraction of sp³-hybridized carbons (Fsp3) is 0.200. The van der Waals surface area contributed by atoms with Crippen molar-refractivity contribution in [2.24, 2.45) is 5.73 Å². The fourth-order valence-electron chi connectivity index (χ4n) is 3.08. The van der Waals surface area contributed by atoms with Gasteiger partial charge in [-0.15, -0.1) is 0 Å². The molecule has 2 aromatic carbocycles. The fourth-order valence-corrected chi connectivity index (χ4v) is 3.33. The van der Waals surface area contributed by atoms with Gasteiger partial charge in [-0.3, -0.25) is 9.59 Å². The predicted molar refractivity (Wildman–Crippen MR) is 101 cm³/mol. The molecule has 1 aliphatic rings. The highest BCUT2D eigenvalue weighted by molar-refractivity contribution is 6.31. The number of nitrogens with zero attached hydrogens (tertiary/aromatic N) is 1. The molecule has 134 valence electrons. The molecule has 1 saturated heterocycles. The Hall–Kier alpha value is -2.63. The minimum Gasteiger partial charge on any atom is -0.377 e. The zero-order valence-corrected chi connectivity index (χ0v) is 14.9. The Morgan fingerprint density at radius 2 is 2.04 bits per heavy atom. The van der Waals surface area contributed by atoms with Crippen LogP contribution in [0.2, 0.25) is 5.02 Å². The molecule has 2 aromatic rings. The number of nitrogens with two attached hydrogens (primary N) is 1. The van der Waals surface area contributed by atoms with Crippen molar-refractivity contribution >= 4 is 23.4 Å². The van der Waals surface area contributed by atoms with E-state index in [0.717, 1.165) is 16.7 Å². The largest absolute Gasteiger partial charge is 0.377 e. The van der Waals surface area contributed by atoms with Crippen LogP contribution in [0.15, 0.2) is 55.1 Å². The maximum absolute atomic E-state index is 12.2. The number of benzene rings is 2. The lowest BCUT2D eigenvalue weighted by Gasteiger charge is -2.35. The summed E-state index contributed by atoms with van der Waals surface area (Å²) in [5.41, 5.74) is 8.32. The molecule has 6 heteroatoms. The summed E-state index contributed by atoms with van der Waals surface area (Å²) in [5, 5.41) is 0.540. The molecule has 0 spiro atoms. The summed E-state index contributed by atoms with van der Waals surface area (Å²) in [4.78, 5) is 25.3. The monoisotopic (exact) mass is 370 g/mol. The molecule has 2 N–H and O–H groups in total. The van der Waals surface area contributed by atoms with E-state index in [2.05, 4.69) is 6.58 Å². The first-order valence-electron chi connectivity index (χ1n) is 8.21. The van der Waals surface area contributed by atoms with Gasteiger partial charge >= 0.3 is 0 Å². The molecule has 5 nitrogen and oxygen atoms in total. The zero-order chi connectivity index (χ0) is 18.7. The maximum Gasteiger partial charge on any atom is 0.248 e. The van der Waals surface area contributed by atoms with Gasteiger partial charge in [-0.2, -0.15) is 0 Å². The minimum atomic E-state index is -0.488. The van der Waals surface area contributed by atoms with Crippen molar-refractivity contribution in [3.63, 3.8) is 0 Å². The van der Waals surface area contributed by atoms with Crippen molar-refractivity contribution in [1.29, 1.82) is 0 Å². The van der Waals surface area contributed by atoms with Gasteiger partial charge in [-0.25, -0.2) is 0 Å². The van der Waals surface area contributed by atoms with Crippen LogP contribution in [-0.4, -0.2) is 36.5 Å². The van der Waals surface area contributed by atoms with Gasteiger partial charge in [0.05, 0.1) is 19.3 Å². The third-order valence-corrected chi connectivity index (χ3v) is 4.59. The van der Waals surface area contributed by atoms with Crippen LogP contribution in [0.1, 0.15) is 22.0 Å². The smallest absolute Gasteiger partial charge is 0.248 e. The molecule has 0 radical (unpaired) electrons.